The number of benzene rings is 1. The predicted molar refractivity (Wildman–Crippen MR) is 88.3 cm³/mol. The topological polar surface area (TPSA) is 37.4 Å². The molecule has 1 aromatic heterocycles. The molecule has 21 heavy (non-hydrogen) atoms. The molecule has 4 nitrogen and oxygen atoms in total. The molecule has 0 radical (unpaired) electrons. The summed E-state index contributed by atoms with van der Waals surface area (Å²) in [5, 5.41) is 3.53. The first-order chi connectivity index (χ1) is 10.1. The number of rotatable bonds is 6. The lowest BCUT2D eigenvalue weighted by Gasteiger charge is -2.22. The number of para-hydroxylation sites is 1. The molecular formula is C17H23N3O. The van der Waals surface area contributed by atoms with Crippen LogP contribution >= 0.6 is 0 Å². The van der Waals surface area contributed by atoms with Crippen LogP contribution in [0.2, 0.25) is 0 Å². The molecule has 2 aromatic rings. The van der Waals surface area contributed by atoms with E-state index < -0.39 is 0 Å². The van der Waals surface area contributed by atoms with Crippen LogP contribution in [-0.2, 0) is 6.42 Å². The fourth-order valence-corrected chi connectivity index (χ4v) is 2.41. The van der Waals surface area contributed by atoms with Crippen LogP contribution in [0.5, 0.6) is 5.75 Å². The van der Waals surface area contributed by atoms with Crippen LogP contribution in [0.15, 0.2) is 42.7 Å². The van der Waals surface area contributed by atoms with Crippen molar-refractivity contribution in [2.24, 2.45) is 0 Å². The van der Waals surface area contributed by atoms with E-state index in [2.05, 4.69) is 28.2 Å². The molecule has 112 valence electrons. The smallest absolute Gasteiger partial charge is 0.122 e. The average molecular weight is 285 g/mol. The first-order valence-corrected chi connectivity index (χ1v) is 7.11. The van der Waals surface area contributed by atoms with Crippen LogP contribution in [-0.4, -0.2) is 32.2 Å². The van der Waals surface area contributed by atoms with Crippen LogP contribution in [0.1, 0.15) is 12.5 Å². The predicted octanol–water partition coefficient (Wildman–Crippen LogP) is 3.20. The fourth-order valence-electron chi connectivity index (χ4n) is 2.41. The summed E-state index contributed by atoms with van der Waals surface area (Å²) in [6, 6.07) is 10.4. The molecule has 0 spiro atoms. The maximum Gasteiger partial charge on any atom is 0.122 e. The summed E-state index contributed by atoms with van der Waals surface area (Å²) in [5.41, 5.74) is 3.39. The zero-order chi connectivity index (χ0) is 15.2. The van der Waals surface area contributed by atoms with Crippen molar-refractivity contribution >= 4 is 11.4 Å². The van der Waals surface area contributed by atoms with Crippen LogP contribution < -0.4 is 15.0 Å². The van der Waals surface area contributed by atoms with Gasteiger partial charge in [0, 0.05) is 26.3 Å². The third-order valence-electron chi connectivity index (χ3n) is 3.40. The van der Waals surface area contributed by atoms with Gasteiger partial charge in [0.05, 0.1) is 24.7 Å². The highest BCUT2D eigenvalue weighted by Gasteiger charge is 2.11. The largest absolute Gasteiger partial charge is 0.496 e. The zero-order valence-electron chi connectivity index (χ0n) is 13.1. The van der Waals surface area contributed by atoms with Crippen molar-refractivity contribution in [1.29, 1.82) is 0 Å². The highest BCUT2D eigenvalue weighted by molar-refractivity contribution is 5.68. The third-order valence-corrected chi connectivity index (χ3v) is 3.40. The monoisotopic (exact) mass is 285 g/mol. The lowest BCUT2D eigenvalue weighted by molar-refractivity contribution is 0.409. The summed E-state index contributed by atoms with van der Waals surface area (Å²) < 4.78 is 5.41. The lowest BCUT2D eigenvalue weighted by Crippen LogP contribution is -2.21. The Morgan fingerprint density at radius 1 is 1.24 bits per heavy atom. The van der Waals surface area contributed by atoms with Gasteiger partial charge in [-0.05, 0) is 31.0 Å². The maximum absolute atomic E-state index is 5.41. The number of nitrogens with zero attached hydrogens (tertiary/aromatic N) is 2. The van der Waals surface area contributed by atoms with Gasteiger partial charge in [-0.25, -0.2) is 0 Å². The number of anilines is 2. The minimum atomic E-state index is 0.282. The van der Waals surface area contributed by atoms with E-state index in [4.69, 9.17) is 4.74 Å². The highest BCUT2D eigenvalue weighted by Crippen LogP contribution is 2.25. The Balaban J connectivity index is 2.10. The molecule has 2 rings (SSSR count). The SMILES string of the molecule is COc1ccccc1CC(C)Nc1cnccc1N(C)C. The van der Waals surface area contributed by atoms with E-state index >= 15 is 0 Å². The van der Waals surface area contributed by atoms with E-state index in [9.17, 15) is 0 Å². The van der Waals surface area contributed by atoms with Crippen LogP contribution in [0.25, 0.3) is 0 Å². The van der Waals surface area contributed by atoms with Crippen molar-refractivity contribution in [3.05, 3.63) is 48.3 Å². The molecule has 0 aliphatic carbocycles. The van der Waals surface area contributed by atoms with E-state index in [0.29, 0.717) is 0 Å². The second-order valence-electron chi connectivity index (χ2n) is 5.35. The molecule has 0 bridgehead atoms. The van der Waals surface area contributed by atoms with Gasteiger partial charge in [-0.15, -0.1) is 0 Å². The second kappa shape index (κ2) is 6.97. The quantitative estimate of drug-likeness (QED) is 0.884. The molecule has 0 amide bonds. The molecule has 1 atom stereocenters. The Morgan fingerprint density at radius 2 is 2.00 bits per heavy atom. The van der Waals surface area contributed by atoms with Crippen molar-refractivity contribution in [3.63, 3.8) is 0 Å². The molecular weight excluding hydrogens is 262 g/mol. The minimum Gasteiger partial charge on any atom is -0.496 e. The van der Waals surface area contributed by atoms with E-state index in [1.165, 1.54) is 5.56 Å². The fraction of sp³-hybridized carbons (Fsp3) is 0.353. The van der Waals surface area contributed by atoms with Gasteiger partial charge in [-0.1, -0.05) is 18.2 Å². The van der Waals surface area contributed by atoms with Crippen LogP contribution in [0.4, 0.5) is 11.4 Å². The second-order valence-corrected chi connectivity index (χ2v) is 5.35. The van der Waals surface area contributed by atoms with Gasteiger partial charge in [-0.3, -0.25) is 4.98 Å². The third kappa shape index (κ3) is 3.88. The Bertz CT molecular complexity index is 584. The number of nitrogens with one attached hydrogen (secondary N) is 1. The van der Waals surface area contributed by atoms with Gasteiger partial charge in [0.15, 0.2) is 0 Å². The van der Waals surface area contributed by atoms with E-state index in [0.717, 1.165) is 23.5 Å². The molecule has 4 heteroatoms. The Morgan fingerprint density at radius 3 is 2.71 bits per heavy atom. The number of hydrogen-bond donors (Lipinski definition) is 1. The van der Waals surface area contributed by atoms with Crippen molar-refractivity contribution in [2.45, 2.75) is 19.4 Å². The minimum absolute atomic E-state index is 0.282. The van der Waals surface area contributed by atoms with Gasteiger partial charge in [0.2, 0.25) is 0 Å². The number of ether oxygens (including phenoxy) is 1. The summed E-state index contributed by atoms with van der Waals surface area (Å²) in [5.74, 6) is 0.935. The molecule has 0 saturated heterocycles. The van der Waals surface area contributed by atoms with Gasteiger partial charge in [-0.2, -0.15) is 0 Å². The number of methoxy groups -OCH3 is 1. The highest BCUT2D eigenvalue weighted by atomic mass is 16.5. The summed E-state index contributed by atoms with van der Waals surface area (Å²) in [4.78, 5) is 6.29. The standard InChI is InChI=1S/C17H23N3O/c1-13(11-14-7-5-6-8-17(14)21-4)19-15-12-18-10-9-16(15)20(2)3/h5-10,12-13,19H,11H2,1-4H3. The molecule has 1 unspecified atom stereocenters. The van der Waals surface area contributed by atoms with E-state index in [-0.39, 0.29) is 6.04 Å². The molecule has 1 aromatic carbocycles. The number of pyridine rings is 1. The normalized spacial score (nSPS) is 11.8. The van der Waals surface area contributed by atoms with Gasteiger partial charge in [0.1, 0.15) is 5.75 Å². The summed E-state index contributed by atoms with van der Waals surface area (Å²) in [6.45, 7) is 2.17. The molecule has 0 aliphatic rings. The maximum atomic E-state index is 5.41. The Hall–Kier alpha value is -2.23. The van der Waals surface area contributed by atoms with E-state index in [1.807, 2.05) is 50.8 Å². The summed E-state index contributed by atoms with van der Waals surface area (Å²) in [7, 11) is 5.78. The van der Waals surface area contributed by atoms with Crippen LogP contribution in [0, 0.1) is 0 Å². The molecule has 0 fully saturated rings. The van der Waals surface area contributed by atoms with Gasteiger partial charge < -0.3 is 15.0 Å². The van der Waals surface area contributed by atoms with E-state index in [1.54, 1.807) is 7.11 Å². The van der Waals surface area contributed by atoms with Crippen molar-refractivity contribution in [2.75, 3.05) is 31.4 Å². The molecule has 0 saturated carbocycles. The molecule has 1 heterocycles. The number of aromatic nitrogens is 1. The molecule has 0 aliphatic heterocycles. The summed E-state index contributed by atoms with van der Waals surface area (Å²) >= 11 is 0. The molecule has 1 N–H and O–H groups in total. The van der Waals surface area contributed by atoms with Gasteiger partial charge >= 0.3 is 0 Å². The average Bonchev–Trinajstić information content (AvgIpc) is 2.48. The summed E-state index contributed by atoms with van der Waals surface area (Å²) in [6.07, 6.45) is 4.57. The first-order valence-electron chi connectivity index (χ1n) is 7.11. The zero-order valence-corrected chi connectivity index (χ0v) is 13.1. The number of hydrogen-bond acceptors (Lipinski definition) is 4. The van der Waals surface area contributed by atoms with Crippen molar-refractivity contribution < 1.29 is 4.74 Å². The van der Waals surface area contributed by atoms with Crippen LogP contribution in [0.3, 0.4) is 0 Å². The van der Waals surface area contributed by atoms with Crippen molar-refractivity contribution in [1.82, 2.24) is 4.98 Å². The Labute approximate surface area is 126 Å². The first kappa shape index (κ1) is 15.2. The van der Waals surface area contributed by atoms with Crippen molar-refractivity contribution in [3.8, 4) is 5.75 Å². The Kier molecular flexibility index (Phi) is 5.04. The lowest BCUT2D eigenvalue weighted by atomic mass is 10.1. The van der Waals surface area contributed by atoms with Gasteiger partial charge in [0.25, 0.3) is 0 Å².